The van der Waals surface area contributed by atoms with Crippen LogP contribution in [0.4, 0.5) is 0 Å². The molecule has 8 N–H and O–H groups in total. The van der Waals surface area contributed by atoms with Gasteiger partial charge in [0.2, 0.25) is 0 Å². The monoisotopic (exact) mass is 338 g/mol. The van der Waals surface area contributed by atoms with Crippen LogP contribution in [0, 0.1) is 11.8 Å². The van der Waals surface area contributed by atoms with Crippen molar-refractivity contribution in [2.24, 2.45) is 11.8 Å². The molecule has 136 valence electrons. The van der Waals surface area contributed by atoms with Gasteiger partial charge in [-0.25, -0.2) is 0 Å². The predicted molar refractivity (Wildman–Crippen MR) is 75.1 cm³/mol. The maximum Gasteiger partial charge on any atom is 0.106 e. The highest BCUT2D eigenvalue weighted by atomic mass is 16.5. The van der Waals surface area contributed by atoms with Crippen LogP contribution in [0.25, 0.3) is 0 Å². The standard InChI is InChI=1S/C14H26O9/c15-3-8(17)6-2-10(14(22)12(6)20)23-4-9(18)5-1-7(16)13(21)11(5)19/h5-22H,1-4H2/t5-,6-,7+,8+,9+,10+,11-,12-,13-,14-/m0/s1. The molecule has 0 saturated heterocycles. The van der Waals surface area contributed by atoms with Crippen molar-refractivity contribution in [1.82, 2.24) is 0 Å². The molecule has 2 aliphatic rings. The third kappa shape index (κ3) is 3.84. The summed E-state index contributed by atoms with van der Waals surface area (Å²) in [5, 5.41) is 77.0. The summed E-state index contributed by atoms with van der Waals surface area (Å²) in [7, 11) is 0. The lowest BCUT2D eigenvalue weighted by molar-refractivity contribution is -0.0992. The summed E-state index contributed by atoms with van der Waals surface area (Å²) in [6, 6.07) is 0. The van der Waals surface area contributed by atoms with Gasteiger partial charge in [-0.15, -0.1) is 0 Å². The maximum absolute atomic E-state index is 10.0. The lowest BCUT2D eigenvalue weighted by atomic mass is 9.98. The van der Waals surface area contributed by atoms with E-state index in [1.54, 1.807) is 0 Å². The maximum atomic E-state index is 10.0. The number of rotatable bonds is 6. The second kappa shape index (κ2) is 7.68. The fourth-order valence-corrected chi connectivity index (χ4v) is 3.48. The molecule has 9 nitrogen and oxygen atoms in total. The van der Waals surface area contributed by atoms with Gasteiger partial charge in [-0.1, -0.05) is 0 Å². The summed E-state index contributed by atoms with van der Waals surface area (Å²) in [6.07, 6.45) is -9.28. The van der Waals surface area contributed by atoms with E-state index in [1.165, 1.54) is 0 Å². The first-order valence-corrected chi connectivity index (χ1v) is 7.76. The Bertz CT molecular complexity index is 381. The zero-order valence-corrected chi connectivity index (χ0v) is 12.6. The van der Waals surface area contributed by atoms with E-state index in [0.29, 0.717) is 0 Å². The smallest absolute Gasteiger partial charge is 0.106 e. The Kier molecular flexibility index (Phi) is 6.34. The van der Waals surface area contributed by atoms with E-state index >= 15 is 0 Å². The average molecular weight is 338 g/mol. The molecule has 0 spiro atoms. The van der Waals surface area contributed by atoms with Gasteiger partial charge in [0, 0.05) is 11.8 Å². The molecule has 2 rings (SSSR count). The summed E-state index contributed by atoms with van der Waals surface area (Å²) >= 11 is 0. The highest BCUT2D eigenvalue weighted by Gasteiger charge is 2.47. The predicted octanol–water partition coefficient (Wildman–Crippen LogP) is -4.07. The normalized spacial score (nSPS) is 47.0. The third-order valence-corrected chi connectivity index (χ3v) is 5.03. The Morgan fingerprint density at radius 3 is 1.87 bits per heavy atom. The van der Waals surface area contributed by atoms with Crippen LogP contribution in [0.1, 0.15) is 12.8 Å². The topological polar surface area (TPSA) is 171 Å². The van der Waals surface area contributed by atoms with E-state index in [2.05, 4.69) is 0 Å². The van der Waals surface area contributed by atoms with Crippen molar-refractivity contribution < 1.29 is 45.6 Å². The van der Waals surface area contributed by atoms with Crippen LogP contribution < -0.4 is 0 Å². The van der Waals surface area contributed by atoms with Gasteiger partial charge in [0.25, 0.3) is 0 Å². The largest absolute Gasteiger partial charge is 0.394 e. The fourth-order valence-electron chi connectivity index (χ4n) is 3.48. The van der Waals surface area contributed by atoms with Crippen molar-refractivity contribution in [3.63, 3.8) is 0 Å². The van der Waals surface area contributed by atoms with E-state index in [9.17, 15) is 35.7 Å². The van der Waals surface area contributed by atoms with Gasteiger partial charge in [0.15, 0.2) is 0 Å². The van der Waals surface area contributed by atoms with E-state index in [-0.39, 0.29) is 19.4 Å². The SMILES string of the molecule is OC[C@@H](O)[C@@H]1C[C@@H](OC[C@@H](O)[C@@H]2C[C@@H](O)[C@H](O)[C@H]2O)[C@H](O)[C@H]1O. The first-order valence-electron chi connectivity index (χ1n) is 7.76. The quantitative estimate of drug-likeness (QED) is 0.240. The molecular formula is C14H26O9. The van der Waals surface area contributed by atoms with Crippen molar-refractivity contribution in [2.45, 2.75) is 61.7 Å². The van der Waals surface area contributed by atoms with Gasteiger partial charge in [-0.05, 0) is 12.8 Å². The Morgan fingerprint density at radius 2 is 1.35 bits per heavy atom. The van der Waals surface area contributed by atoms with Crippen LogP contribution in [-0.2, 0) is 4.74 Å². The molecule has 0 amide bonds. The molecule has 2 saturated carbocycles. The number of hydrogen-bond donors (Lipinski definition) is 8. The second-order valence-electron chi connectivity index (χ2n) is 6.52. The van der Waals surface area contributed by atoms with E-state index < -0.39 is 67.3 Å². The molecule has 0 bridgehead atoms. The minimum Gasteiger partial charge on any atom is -0.394 e. The molecule has 0 aliphatic heterocycles. The molecule has 0 aromatic carbocycles. The number of hydrogen-bond acceptors (Lipinski definition) is 9. The van der Waals surface area contributed by atoms with Gasteiger partial charge in [0.1, 0.15) is 12.2 Å². The Morgan fingerprint density at radius 1 is 0.783 bits per heavy atom. The summed E-state index contributed by atoms with van der Waals surface area (Å²) in [5.74, 6) is -1.50. The fraction of sp³-hybridized carbons (Fsp3) is 1.00. The first-order chi connectivity index (χ1) is 10.8. The Labute approximate surface area is 133 Å². The van der Waals surface area contributed by atoms with Crippen LogP contribution in [0.15, 0.2) is 0 Å². The van der Waals surface area contributed by atoms with Crippen LogP contribution in [0.5, 0.6) is 0 Å². The summed E-state index contributed by atoms with van der Waals surface area (Å²) in [4.78, 5) is 0. The molecule has 0 aromatic rings. The van der Waals surface area contributed by atoms with Crippen molar-refractivity contribution >= 4 is 0 Å². The van der Waals surface area contributed by atoms with Gasteiger partial charge in [-0.2, -0.15) is 0 Å². The molecule has 2 fully saturated rings. The zero-order valence-electron chi connectivity index (χ0n) is 12.6. The molecule has 0 unspecified atom stereocenters. The minimum atomic E-state index is -1.32. The van der Waals surface area contributed by atoms with Crippen molar-refractivity contribution in [3.8, 4) is 0 Å². The average Bonchev–Trinajstić information content (AvgIpc) is 2.96. The van der Waals surface area contributed by atoms with Crippen molar-refractivity contribution in [1.29, 1.82) is 0 Å². The van der Waals surface area contributed by atoms with Gasteiger partial charge in [0.05, 0.1) is 49.8 Å². The molecule has 10 atom stereocenters. The molecule has 2 aliphatic carbocycles. The molecule has 23 heavy (non-hydrogen) atoms. The van der Waals surface area contributed by atoms with E-state index in [1.807, 2.05) is 0 Å². The third-order valence-electron chi connectivity index (χ3n) is 5.03. The van der Waals surface area contributed by atoms with E-state index in [0.717, 1.165) is 0 Å². The summed E-state index contributed by atoms with van der Waals surface area (Å²) in [5.41, 5.74) is 0. The van der Waals surface area contributed by atoms with Crippen LogP contribution in [0.2, 0.25) is 0 Å². The van der Waals surface area contributed by atoms with Gasteiger partial charge < -0.3 is 45.6 Å². The molecule has 0 radical (unpaired) electrons. The van der Waals surface area contributed by atoms with Crippen molar-refractivity contribution in [2.75, 3.05) is 13.2 Å². The Balaban J connectivity index is 1.86. The van der Waals surface area contributed by atoms with Crippen LogP contribution in [-0.4, -0.2) is 103 Å². The second-order valence-corrected chi connectivity index (χ2v) is 6.52. The van der Waals surface area contributed by atoms with Crippen LogP contribution >= 0.6 is 0 Å². The van der Waals surface area contributed by atoms with E-state index in [4.69, 9.17) is 9.84 Å². The molecule has 0 heterocycles. The minimum absolute atomic E-state index is 0.0224. The van der Waals surface area contributed by atoms with Gasteiger partial charge >= 0.3 is 0 Å². The zero-order chi connectivity index (χ0) is 17.3. The van der Waals surface area contributed by atoms with Crippen LogP contribution in [0.3, 0.4) is 0 Å². The van der Waals surface area contributed by atoms with Crippen molar-refractivity contribution in [3.05, 3.63) is 0 Å². The highest BCUT2D eigenvalue weighted by Crippen LogP contribution is 2.33. The lowest BCUT2D eigenvalue weighted by Crippen LogP contribution is -2.39. The highest BCUT2D eigenvalue weighted by molar-refractivity contribution is 4.97. The van der Waals surface area contributed by atoms with Gasteiger partial charge in [-0.3, -0.25) is 0 Å². The number of aliphatic hydroxyl groups is 8. The molecule has 0 aromatic heterocycles. The molecule has 9 heteroatoms. The summed E-state index contributed by atoms with van der Waals surface area (Å²) < 4.78 is 5.38. The Hall–Kier alpha value is -0.360. The summed E-state index contributed by atoms with van der Waals surface area (Å²) in [6.45, 7) is -0.814. The first kappa shape index (κ1) is 19.0. The number of aliphatic hydroxyl groups excluding tert-OH is 8. The lowest BCUT2D eigenvalue weighted by Gasteiger charge is -2.24. The molecular weight excluding hydrogens is 312 g/mol. The number of ether oxygens (including phenoxy) is 1.